The van der Waals surface area contributed by atoms with Crippen LogP contribution < -0.4 is 18.9 Å². The number of sulfonamides is 1. The molecule has 0 fully saturated rings. The number of carbonyl (C=O) groups is 2. The fraction of sp³-hybridized carbons (Fsp3) is 0.200. The summed E-state index contributed by atoms with van der Waals surface area (Å²) in [7, 11) is -2.45. The molecule has 0 radical (unpaired) electrons. The number of anilines is 1. The number of benzene rings is 3. The number of ketones is 1. The molecule has 1 atom stereocenters. The van der Waals surface area contributed by atoms with Crippen molar-refractivity contribution in [1.29, 1.82) is 0 Å². The minimum Gasteiger partial charge on any atom is -0.497 e. The fourth-order valence-electron chi connectivity index (χ4n) is 3.39. The van der Waals surface area contributed by atoms with E-state index in [1.165, 1.54) is 56.5 Å². The van der Waals surface area contributed by atoms with Gasteiger partial charge in [0, 0.05) is 17.3 Å². The number of hydrogen-bond donors (Lipinski definition) is 1. The zero-order valence-corrected chi connectivity index (χ0v) is 19.8. The first kappa shape index (κ1) is 24.1. The molecule has 0 bridgehead atoms. The molecule has 3 aromatic carbocycles. The van der Waals surface area contributed by atoms with Gasteiger partial charge in [-0.1, -0.05) is 6.07 Å². The van der Waals surface area contributed by atoms with Gasteiger partial charge in [0.1, 0.15) is 19.0 Å². The Morgan fingerprint density at radius 1 is 0.914 bits per heavy atom. The lowest BCUT2D eigenvalue weighted by atomic mass is 10.1. The van der Waals surface area contributed by atoms with Crippen molar-refractivity contribution >= 4 is 27.5 Å². The average molecular weight is 498 g/mol. The van der Waals surface area contributed by atoms with E-state index in [2.05, 4.69) is 4.72 Å². The summed E-state index contributed by atoms with van der Waals surface area (Å²) in [5, 5.41) is 0. The number of carbonyl (C=O) groups excluding carboxylic acids is 2. The van der Waals surface area contributed by atoms with E-state index in [-0.39, 0.29) is 21.9 Å². The summed E-state index contributed by atoms with van der Waals surface area (Å²) in [6, 6.07) is 16.6. The Hall–Kier alpha value is -4.05. The topological polar surface area (TPSA) is 117 Å². The molecule has 10 heteroatoms. The lowest BCUT2D eigenvalue weighted by Gasteiger charge is -2.19. The normalized spacial score (nSPS) is 13.4. The zero-order chi connectivity index (χ0) is 25.0. The Bertz CT molecular complexity index is 1350. The van der Waals surface area contributed by atoms with Gasteiger partial charge in [-0.3, -0.25) is 9.52 Å². The molecule has 1 N–H and O–H groups in total. The molecule has 0 spiro atoms. The first-order valence-corrected chi connectivity index (χ1v) is 12.2. The van der Waals surface area contributed by atoms with E-state index in [9.17, 15) is 18.0 Å². The monoisotopic (exact) mass is 497 g/mol. The van der Waals surface area contributed by atoms with Crippen LogP contribution in [0, 0.1) is 0 Å². The van der Waals surface area contributed by atoms with E-state index < -0.39 is 22.1 Å². The standard InChI is InChI=1S/C25H23NO8S/c1-16(24(27)17-6-8-20(31-2)9-7-17)34-25(28)18-4-3-5-19(14-18)26-35(29,30)21-10-11-22-23(15-21)33-13-12-32-22/h3-11,14-16,26H,12-13H2,1-2H3/t16-/m0/s1. The minimum atomic E-state index is -3.97. The summed E-state index contributed by atoms with van der Waals surface area (Å²) in [5.41, 5.74) is 0.609. The maximum atomic E-state index is 12.9. The van der Waals surface area contributed by atoms with Gasteiger partial charge in [0.2, 0.25) is 5.78 Å². The van der Waals surface area contributed by atoms with Crippen LogP contribution in [0.3, 0.4) is 0 Å². The number of hydrogen-bond acceptors (Lipinski definition) is 8. The number of nitrogens with one attached hydrogen (secondary N) is 1. The molecule has 1 aliphatic rings. The molecular weight excluding hydrogens is 474 g/mol. The van der Waals surface area contributed by atoms with Gasteiger partial charge in [0.25, 0.3) is 10.0 Å². The Morgan fingerprint density at radius 2 is 1.63 bits per heavy atom. The summed E-state index contributed by atoms with van der Waals surface area (Å²) < 4.78 is 49.4. The van der Waals surface area contributed by atoms with Gasteiger partial charge < -0.3 is 18.9 Å². The van der Waals surface area contributed by atoms with Crippen LogP contribution in [0.4, 0.5) is 5.69 Å². The second-order valence-corrected chi connectivity index (χ2v) is 9.31. The SMILES string of the molecule is COc1ccc(C(=O)[C@H](C)OC(=O)c2cccc(NS(=O)(=O)c3ccc4c(c3)OCCO4)c2)cc1. The van der Waals surface area contributed by atoms with Crippen molar-refractivity contribution in [2.45, 2.75) is 17.9 Å². The highest BCUT2D eigenvalue weighted by atomic mass is 32.2. The van der Waals surface area contributed by atoms with Crippen LogP contribution in [0.5, 0.6) is 17.2 Å². The Labute approximate surface area is 202 Å². The molecule has 182 valence electrons. The van der Waals surface area contributed by atoms with Gasteiger partial charge in [0.15, 0.2) is 17.6 Å². The van der Waals surface area contributed by atoms with Crippen molar-refractivity contribution in [2.75, 3.05) is 25.0 Å². The molecule has 4 rings (SSSR count). The summed E-state index contributed by atoms with van der Waals surface area (Å²) in [6.45, 7) is 2.19. The molecule has 0 saturated carbocycles. The van der Waals surface area contributed by atoms with Crippen LogP contribution in [-0.4, -0.2) is 46.6 Å². The third kappa shape index (κ3) is 5.55. The Morgan fingerprint density at radius 3 is 2.34 bits per heavy atom. The zero-order valence-electron chi connectivity index (χ0n) is 19.0. The van der Waals surface area contributed by atoms with Gasteiger partial charge in [-0.05, 0) is 61.5 Å². The van der Waals surface area contributed by atoms with Crippen LogP contribution in [0.1, 0.15) is 27.6 Å². The number of Topliss-reactive ketones (excluding diaryl/α,β-unsaturated/α-hetero) is 1. The lowest BCUT2D eigenvalue weighted by Crippen LogP contribution is -2.24. The molecule has 1 heterocycles. The predicted octanol–water partition coefficient (Wildman–Crippen LogP) is 3.70. The van der Waals surface area contributed by atoms with E-state index in [1.807, 2.05) is 0 Å². The highest BCUT2D eigenvalue weighted by Crippen LogP contribution is 2.32. The van der Waals surface area contributed by atoms with Gasteiger partial charge in [0.05, 0.1) is 17.6 Å². The van der Waals surface area contributed by atoms with Crippen molar-refractivity contribution in [2.24, 2.45) is 0 Å². The van der Waals surface area contributed by atoms with E-state index in [0.29, 0.717) is 36.0 Å². The van der Waals surface area contributed by atoms with E-state index in [4.69, 9.17) is 18.9 Å². The summed E-state index contributed by atoms with van der Waals surface area (Å²) >= 11 is 0. The predicted molar refractivity (Wildman–Crippen MR) is 127 cm³/mol. The molecule has 3 aromatic rings. The third-order valence-electron chi connectivity index (χ3n) is 5.20. The lowest BCUT2D eigenvalue weighted by molar-refractivity contribution is 0.0319. The van der Waals surface area contributed by atoms with E-state index >= 15 is 0 Å². The number of fused-ring (bicyclic) bond motifs is 1. The first-order chi connectivity index (χ1) is 16.8. The summed E-state index contributed by atoms with van der Waals surface area (Å²) in [5.74, 6) is 0.267. The van der Waals surface area contributed by atoms with Gasteiger partial charge in [-0.2, -0.15) is 0 Å². The Kier molecular flexibility index (Phi) is 6.92. The smallest absolute Gasteiger partial charge is 0.338 e. The van der Waals surface area contributed by atoms with Crippen LogP contribution in [0.25, 0.3) is 0 Å². The van der Waals surface area contributed by atoms with Crippen LogP contribution >= 0.6 is 0 Å². The number of rotatable bonds is 8. The largest absolute Gasteiger partial charge is 0.497 e. The maximum absolute atomic E-state index is 12.9. The van der Waals surface area contributed by atoms with Gasteiger partial charge >= 0.3 is 5.97 Å². The van der Waals surface area contributed by atoms with Gasteiger partial charge in [-0.25, -0.2) is 13.2 Å². The number of esters is 1. The second kappa shape index (κ2) is 10.1. The van der Waals surface area contributed by atoms with Gasteiger partial charge in [-0.15, -0.1) is 0 Å². The molecule has 35 heavy (non-hydrogen) atoms. The molecule has 1 aliphatic heterocycles. The quantitative estimate of drug-likeness (QED) is 0.370. The summed E-state index contributed by atoms with van der Waals surface area (Å²) in [6.07, 6.45) is -1.05. The van der Waals surface area contributed by atoms with E-state index in [0.717, 1.165) is 0 Å². The van der Waals surface area contributed by atoms with Crippen molar-refractivity contribution in [3.8, 4) is 17.2 Å². The van der Waals surface area contributed by atoms with Crippen molar-refractivity contribution in [3.05, 3.63) is 77.9 Å². The molecule has 0 aliphatic carbocycles. The molecule has 0 amide bonds. The summed E-state index contributed by atoms with van der Waals surface area (Å²) in [4.78, 5) is 25.2. The van der Waals surface area contributed by atoms with Crippen molar-refractivity contribution in [3.63, 3.8) is 0 Å². The van der Waals surface area contributed by atoms with Crippen LogP contribution in [0.15, 0.2) is 71.6 Å². The number of methoxy groups -OCH3 is 1. The van der Waals surface area contributed by atoms with E-state index in [1.54, 1.807) is 24.3 Å². The van der Waals surface area contributed by atoms with Crippen molar-refractivity contribution < 1.29 is 37.0 Å². The highest BCUT2D eigenvalue weighted by Gasteiger charge is 2.22. The Balaban J connectivity index is 1.45. The molecule has 0 aromatic heterocycles. The minimum absolute atomic E-state index is 0.0200. The number of ether oxygens (including phenoxy) is 4. The molecular formula is C25H23NO8S. The average Bonchev–Trinajstić information content (AvgIpc) is 2.87. The van der Waals surface area contributed by atoms with Crippen LogP contribution in [-0.2, 0) is 14.8 Å². The molecule has 0 saturated heterocycles. The fourth-order valence-corrected chi connectivity index (χ4v) is 4.45. The second-order valence-electron chi connectivity index (χ2n) is 7.63. The highest BCUT2D eigenvalue weighted by molar-refractivity contribution is 7.92. The first-order valence-electron chi connectivity index (χ1n) is 10.7. The van der Waals surface area contributed by atoms with Crippen molar-refractivity contribution in [1.82, 2.24) is 0 Å². The van der Waals surface area contributed by atoms with Crippen LogP contribution in [0.2, 0.25) is 0 Å². The molecule has 9 nitrogen and oxygen atoms in total. The third-order valence-corrected chi connectivity index (χ3v) is 6.58. The molecule has 0 unspecified atom stereocenters. The maximum Gasteiger partial charge on any atom is 0.338 e.